The summed E-state index contributed by atoms with van der Waals surface area (Å²) in [7, 11) is 0. The van der Waals surface area contributed by atoms with E-state index in [1.54, 1.807) is 0 Å². The van der Waals surface area contributed by atoms with Crippen molar-refractivity contribution in [2.75, 3.05) is 18.0 Å². The molecule has 21 heavy (non-hydrogen) atoms. The summed E-state index contributed by atoms with van der Waals surface area (Å²) >= 11 is 0. The third-order valence-electron chi connectivity index (χ3n) is 2.99. The van der Waals surface area contributed by atoms with Crippen LogP contribution in [0.5, 0.6) is 0 Å². The van der Waals surface area contributed by atoms with E-state index in [2.05, 4.69) is 5.32 Å². The van der Waals surface area contributed by atoms with Gasteiger partial charge in [0, 0.05) is 13.5 Å². The Labute approximate surface area is 123 Å². The second-order valence-corrected chi connectivity index (χ2v) is 4.73. The van der Waals surface area contributed by atoms with E-state index in [9.17, 15) is 18.4 Å². The Morgan fingerprint density at radius 1 is 1.19 bits per heavy atom. The minimum atomic E-state index is -0.871. The topological polar surface area (TPSA) is 49.4 Å². The highest BCUT2D eigenvalue weighted by molar-refractivity contribution is 5.97. The van der Waals surface area contributed by atoms with Gasteiger partial charge in [-0.05, 0) is 18.6 Å². The van der Waals surface area contributed by atoms with Crippen LogP contribution in [0.4, 0.5) is 14.5 Å². The van der Waals surface area contributed by atoms with Crippen molar-refractivity contribution in [3.05, 3.63) is 29.8 Å². The maximum Gasteiger partial charge on any atom is 0.240 e. The molecule has 0 unspecified atom stereocenters. The number of halogens is 2. The van der Waals surface area contributed by atoms with Crippen molar-refractivity contribution in [1.82, 2.24) is 5.32 Å². The maximum absolute atomic E-state index is 13.7. The van der Waals surface area contributed by atoms with E-state index in [1.165, 1.54) is 6.07 Å². The summed E-state index contributed by atoms with van der Waals surface area (Å²) in [5, 5.41) is 2.63. The van der Waals surface area contributed by atoms with E-state index in [4.69, 9.17) is 0 Å². The highest BCUT2D eigenvalue weighted by atomic mass is 19.1. The quantitative estimate of drug-likeness (QED) is 0.787. The molecule has 0 radical (unpaired) electrons. The molecule has 6 heteroatoms. The Morgan fingerprint density at radius 3 is 2.33 bits per heavy atom. The largest absolute Gasteiger partial charge is 0.355 e. The number of rotatable bonds is 7. The fraction of sp³-hybridized carbons (Fsp3) is 0.467. The Hall–Kier alpha value is -1.98. The first kappa shape index (κ1) is 17.1. The first-order chi connectivity index (χ1) is 9.97. The molecule has 0 fully saturated rings. The van der Waals surface area contributed by atoms with Gasteiger partial charge in [-0.25, -0.2) is 8.78 Å². The molecule has 0 saturated heterocycles. The number of carbonyl (C=O) groups is 2. The van der Waals surface area contributed by atoms with Crippen molar-refractivity contribution < 1.29 is 18.4 Å². The molecule has 2 amide bonds. The Bertz CT molecular complexity index is 486. The Balaban J connectivity index is 2.75. The number of hydrogen-bond donors (Lipinski definition) is 1. The molecular formula is C15H20F2N2O2. The lowest BCUT2D eigenvalue weighted by molar-refractivity contribution is -0.123. The SMILES string of the molecule is CCCCCNC(=O)CN(C(C)=O)c1c(F)cccc1F. The normalized spacial score (nSPS) is 10.3. The number of unbranched alkanes of at least 4 members (excludes halogenated alkanes) is 2. The fourth-order valence-electron chi connectivity index (χ4n) is 1.90. The first-order valence-electron chi connectivity index (χ1n) is 6.96. The van der Waals surface area contributed by atoms with Gasteiger partial charge in [-0.3, -0.25) is 14.5 Å². The van der Waals surface area contributed by atoms with E-state index in [0.717, 1.165) is 43.2 Å². The summed E-state index contributed by atoms with van der Waals surface area (Å²) in [6.45, 7) is 3.29. The van der Waals surface area contributed by atoms with Gasteiger partial charge in [-0.15, -0.1) is 0 Å². The van der Waals surface area contributed by atoms with Crippen molar-refractivity contribution in [2.24, 2.45) is 0 Å². The molecular weight excluding hydrogens is 278 g/mol. The summed E-state index contributed by atoms with van der Waals surface area (Å²) in [5.41, 5.74) is -0.492. The molecule has 0 bridgehead atoms. The molecule has 1 aromatic carbocycles. The molecule has 0 atom stereocenters. The van der Waals surface area contributed by atoms with Crippen LogP contribution in [0.3, 0.4) is 0 Å². The minimum absolute atomic E-state index is 0.403. The molecule has 1 N–H and O–H groups in total. The third kappa shape index (κ3) is 5.13. The van der Waals surface area contributed by atoms with Gasteiger partial charge < -0.3 is 5.32 Å². The van der Waals surface area contributed by atoms with E-state index in [1.807, 2.05) is 6.92 Å². The number of hydrogen-bond acceptors (Lipinski definition) is 2. The van der Waals surface area contributed by atoms with Gasteiger partial charge in [-0.2, -0.15) is 0 Å². The zero-order valence-corrected chi connectivity index (χ0v) is 12.3. The number of para-hydroxylation sites is 1. The van der Waals surface area contributed by atoms with Crippen LogP contribution in [0.2, 0.25) is 0 Å². The highest BCUT2D eigenvalue weighted by Gasteiger charge is 2.22. The molecule has 0 spiro atoms. The molecule has 0 aliphatic rings. The van der Waals surface area contributed by atoms with Crippen LogP contribution in [0.1, 0.15) is 33.1 Å². The van der Waals surface area contributed by atoms with Gasteiger partial charge in [0.2, 0.25) is 11.8 Å². The summed E-state index contributed by atoms with van der Waals surface area (Å²) in [5.74, 6) is -2.78. The molecule has 0 saturated carbocycles. The third-order valence-corrected chi connectivity index (χ3v) is 2.99. The van der Waals surface area contributed by atoms with E-state index in [0.29, 0.717) is 6.54 Å². The zero-order valence-electron chi connectivity index (χ0n) is 12.3. The van der Waals surface area contributed by atoms with Crippen LogP contribution < -0.4 is 10.2 Å². The fourth-order valence-corrected chi connectivity index (χ4v) is 1.90. The number of amides is 2. The van der Waals surface area contributed by atoms with Gasteiger partial charge in [0.25, 0.3) is 0 Å². The molecule has 1 rings (SSSR count). The standard InChI is InChI=1S/C15H20F2N2O2/c1-3-4-5-9-18-14(21)10-19(11(2)20)15-12(16)7-6-8-13(15)17/h6-8H,3-5,9-10H2,1-2H3,(H,18,21). The molecule has 4 nitrogen and oxygen atoms in total. The lowest BCUT2D eigenvalue weighted by atomic mass is 10.2. The van der Waals surface area contributed by atoms with E-state index in [-0.39, 0.29) is 0 Å². The monoisotopic (exact) mass is 298 g/mol. The van der Waals surface area contributed by atoms with Crippen molar-refractivity contribution >= 4 is 17.5 Å². The molecule has 0 aromatic heterocycles. The van der Waals surface area contributed by atoms with Crippen LogP contribution in [-0.2, 0) is 9.59 Å². The summed E-state index contributed by atoms with van der Waals surface area (Å²) in [6.07, 6.45) is 2.84. The average molecular weight is 298 g/mol. The van der Waals surface area contributed by atoms with Crippen LogP contribution in [0, 0.1) is 11.6 Å². The van der Waals surface area contributed by atoms with E-state index >= 15 is 0 Å². The first-order valence-corrected chi connectivity index (χ1v) is 6.96. The van der Waals surface area contributed by atoms with Crippen molar-refractivity contribution in [3.8, 4) is 0 Å². The number of benzene rings is 1. The molecule has 0 aliphatic heterocycles. The predicted molar refractivity (Wildman–Crippen MR) is 76.9 cm³/mol. The molecule has 116 valence electrons. The second-order valence-electron chi connectivity index (χ2n) is 4.73. The second kappa shape index (κ2) is 8.34. The molecule has 0 aliphatic carbocycles. The van der Waals surface area contributed by atoms with Crippen molar-refractivity contribution in [1.29, 1.82) is 0 Å². The summed E-state index contributed by atoms with van der Waals surface area (Å²) < 4.78 is 27.4. The Morgan fingerprint density at radius 2 is 1.81 bits per heavy atom. The van der Waals surface area contributed by atoms with Gasteiger partial charge in [0.15, 0.2) is 0 Å². The number of anilines is 1. The van der Waals surface area contributed by atoms with Crippen LogP contribution in [-0.4, -0.2) is 24.9 Å². The average Bonchev–Trinajstić information content (AvgIpc) is 2.42. The van der Waals surface area contributed by atoms with Crippen LogP contribution in [0.25, 0.3) is 0 Å². The van der Waals surface area contributed by atoms with Gasteiger partial charge in [0.1, 0.15) is 23.9 Å². The number of carbonyl (C=O) groups excluding carboxylic acids is 2. The number of nitrogens with one attached hydrogen (secondary N) is 1. The Kier molecular flexibility index (Phi) is 6.78. The highest BCUT2D eigenvalue weighted by Crippen LogP contribution is 2.23. The molecule has 1 aromatic rings. The summed E-state index contributed by atoms with van der Waals surface area (Å²) in [6, 6.07) is 3.30. The molecule has 0 heterocycles. The van der Waals surface area contributed by atoms with Gasteiger partial charge in [-0.1, -0.05) is 25.8 Å². The lowest BCUT2D eigenvalue weighted by Gasteiger charge is -2.21. The maximum atomic E-state index is 13.7. The lowest BCUT2D eigenvalue weighted by Crippen LogP contribution is -2.41. The van der Waals surface area contributed by atoms with Gasteiger partial charge >= 0.3 is 0 Å². The minimum Gasteiger partial charge on any atom is -0.355 e. The van der Waals surface area contributed by atoms with E-state index < -0.39 is 35.7 Å². The van der Waals surface area contributed by atoms with Crippen LogP contribution >= 0.6 is 0 Å². The van der Waals surface area contributed by atoms with Crippen LogP contribution in [0.15, 0.2) is 18.2 Å². The summed E-state index contributed by atoms with van der Waals surface area (Å²) in [4.78, 5) is 24.1. The number of nitrogens with zero attached hydrogens (tertiary/aromatic N) is 1. The van der Waals surface area contributed by atoms with Crippen molar-refractivity contribution in [3.63, 3.8) is 0 Å². The smallest absolute Gasteiger partial charge is 0.240 e. The van der Waals surface area contributed by atoms with Crippen molar-refractivity contribution in [2.45, 2.75) is 33.1 Å². The zero-order chi connectivity index (χ0) is 15.8. The predicted octanol–water partition coefficient (Wildman–Crippen LogP) is 2.62. The van der Waals surface area contributed by atoms with Gasteiger partial charge in [0.05, 0.1) is 0 Å².